The Morgan fingerprint density at radius 2 is 1.84 bits per heavy atom. The number of carbonyl (C=O) groups is 2. The van der Waals surface area contributed by atoms with Crippen LogP contribution in [0.5, 0.6) is 5.88 Å². The zero-order valence-corrected chi connectivity index (χ0v) is 25.5. The molecular formula is C34H37ClFN3O5. The number of nitrogens with zero attached hydrogens (tertiary/aromatic N) is 2. The molecule has 0 spiro atoms. The molecular weight excluding hydrogens is 585 g/mol. The number of piperidine rings is 1. The van der Waals surface area contributed by atoms with E-state index in [1.807, 2.05) is 24.3 Å². The predicted molar refractivity (Wildman–Crippen MR) is 165 cm³/mol. The molecule has 3 heterocycles. The summed E-state index contributed by atoms with van der Waals surface area (Å²) in [4.78, 5) is 33.5. The van der Waals surface area contributed by atoms with E-state index in [4.69, 9.17) is 30.8 Å². The quantitative estimate of drug-likeness (QED) is 0.256. The zero-order chi connectivity index (χ0) is 30.6. The van der Waals surface area contributed by atoms with E-state index in [0.717, 1.165) is 63.1 Å². The molecule has 1 amide bonds. The molecule has 6 rings (SSSR count). The lowest BCUT2D eigenvalue weighted by atomic mass is 9.91. The van der Waals surface area contributed by atoms with E-state index in [-0.39, 0.29) is 30.6 Å². The molecule has 0 radical (unpaired) electrons. The van der Waals surface area contributed by atoms with Crippen LogP contribution in [0.3, 0.4) is 0 Å². The summed E-state index contributed by atoms with van der Waals surface area (Å²) in [6.07, 6.45) is 5.39. The third kappa shape index (κ3) is 7.06. The Balaban J connectivity index is 1.11. The van der Waals surface area contributed by atoms with Crippen LogP contribution in [0.25, 0.3) is 0 Å². The van der Waals surface area contributed by atoms with Gasteiger partial charge in [0.1, 0.15) is 12.4 Å². The van der Waals surface area contributed by atoms with E-state index in [1.165, 1.54) is 13.2 Å². The van der Waals surface area contributed by atoms with E-state index in [2.05, 4.69) is 10.2 Å². The Bertz CT molecular complexity index is 1500. The summed E-state index contributed by atoms with van der Waals surface area (Å²) in [5.74, 6) is -0.00875. The summed E-state index contributed by atoms with van der Waals surface area (Å²) in [7, 11) is 1.35. The average Bonchev–Trinajstić information content (AvgIpc) is 3.84. The molecule has 1 N–H and O–H groups in total. The van der Waals surface area contributed by atoms with Crippen molar-refractivity contribution < 1.29 is 28.2 Å². The second-order valence-corrected chi connectivity index (χ2v) is 12.3. The van der Waals surface area contributed by atoms with Gasteiger partial charge in [-0.1, -0.05) is 35.9 Å². The second-order valence-electron chi connectivity index (χ2n) is 11.8. The molecule has 2 saturated heterocycles. The lowest BCUT2D eigenvalue weighted by molar-refractivity contribution is -0.122. The fraction of sp³-hybridized carbons (Fsp3) is 0.441. The van der Waals surface area contributed by atoms with E-state index < -0.39 is 11.8 Å². The number of benzene rings is 2. The minimum atomic E-state index is -0.475. The molecule has 1 aromatic heterocycles. The van der Waals surface area contributed by atoms with E-state index in [1.54, 1.807) is 24.3 Å². The maximum atomic E-state index is 14.2. The summed E-state index contributed by atoms with van der Waals surface area (Å²) in [5, 5.41) is 3.49. The number of pyridine rings is 1. The van der Waals surface area contributed by atoms with Crippen molar-refractivity contribution in [2.75, 3.05) is 32.1 Å². The molecule has 44 heavy (non-hydrogen) atoms. The number of amides is 1. The van der Waals surface area contributed by atoms with Crippen molar-refractivity contribution in [2.24, 2.45) is 5.92 Å². The molecule has 232 valence electrons. The Kier molecular flexibility index (Phi) is 9.44. The van der Waals surface area contributed by atoms with Gasteiger partial charge in [0.25, 0.3) is 0 Å². The van der Waals surface area contributed by atoms with Crippen molar-refractivity contribution in [2.45, 2.75) is 63.2 Å². The first kappa shape index (κ1) is 30.5. The Morgan fingerprint density at radius 1 is 1.07 bits per heavy atom. The molecule has 10 heteroatoms. The highest BCUT2D eigenvalue weighted by Crippen LogP contribution is 2.39. The first-order valence-corrected chi connectivity index (χ1v) is 15.7. The minimum Gasteiger partial charge on any atom is -0.473 e. The second kappa shape index (κ2) is 13.6. The van der Waals surface area contributed by atoms with Gasteiger partial charge in [-0.15, -0.1) is 0 Å². The molecule has 1 aliphatic carbocycles. The number of rotatable bonds is 11. The lowest BCUT2D eigenvalue weighted by Crippen LogP contribution is -2.49. The molecule has 2 aliphatic heterocycles. The number of hydrogen-bond donors (Lipinski definition) is 1. The van der Waals surface area contributed by atoms with Gasteiger partial charge in [-0.3, -0.25) is 9.69 Å². The summed E-state index contributed by atoms with van der Waals surface area (Å²) in [5.41, 5.74) is 3.11. The minimum absolute atomic E-state index is 0.0601. The van der Waals surface area contributed by atoms with Crippen LogP contribution in [0, 0.1) is 11.7 Å². The number of para-hydroxylation sites is 1. The number of aromatic nitrogens is 1. The monoisotopic (exact) mass is 621 g/mol. The van der Waals surface area contributed by atoms with Gasteiger partial charge in [-0.2, -0.15) is 0 Å². The van der Waals surface area contributed by atoms with Crippen molar-refractivity contribution >= 4 is 29.2 Å². The number of hydrogen-bond acceptors (Lipinski definition) is 7. The topological polar surface area (TPSA) is 90.0 Å². The standard InChI is InChI=1S/C34H37ClFN3O5/c1-42-34(41)27-5-2-4-23(18-26-14-17-43-26)31(27)38-33(40)32(22-8-9-22)39-15-12-21(13-16-39)29-6-3-7-30(37-29)44-20-24-10-11-25(35)19-28(24)36/h2-7,10-11,19,21-22,26,32H,8-9,12-18,20H2,1H3,(H,38,40)/t26-,32?/m1/s1. The smallest absolute Gasteiger partial charge is 0.339 e. The molecule has 3 aliphatic rings. The van der Waals surface area contributed by atoms with Crippen molar-refractivity contribution in [1.82, 2.24) is 9.88 Å². The van der Waals surface area contributed by atoms with Crippen LogP contribution >= 0.6 is 11.6 Å². The third-order valence-electron chi connectivity index (χ3n) is 8.86. The Hall–Kier alpha value is -3.53. The van der Waals surface area contributed by atoms with Gasteiger partial charge in [-0.05, 0) is 80.9 Å². The van der Waals surface area contributed by atoms with Crippen LogP contribution in [0.1, 0.15) is 65.2 Å². The number of halogens is 2. The summed E-state index contributed by atoms with van der Waals surface area (Å²) >= 11 is 5.86. The van der Waals surface area contributed by atoms with Crippen molar-refractivity contribution in [1.29, 1.82) is 0 Å². The highest BCUT2D eigenvalue weighted by atomic mass is 35.5. The Morgan fingerprint density at radius 3 is 2.52 bits per heavy atom. The zero-order valence-electron chi connectivity index (χ0n) is 24.8. The first-order chi connectivity index (χ1) is 21.4. The van der Waals surface area contributed by atoms with Gasteiger partial charge in [0, 0.05) is 41.3 Å². The number of nitrogens with one attached hydrogen (secondary N) is 1. The average molecular weight is 622 g/mol. The lowest BCUT2D eigenvalue weighted by Gasteiger charge is -2.37. The molecule has 3 fully saturated rings. The van der Waals surface area contributed by atoms with Crippen LogP contribution in [0.4, 0.5) is 10.1 Å². The van der Waals surface area contributed by atoms with Gasteiger partial charge >= 0.3 is 5.97 Å². The van der Waals surface area contributed by atoms with Gasteiger partial charge in [0.05, 0.1) is 30.5 Å². The van der Waals surface area contributed by atoms with Crippen LogP contribution < -0.4 is 10.1 Å². The maximum absolute atomic E-state index is 14.2. The highest BCUT2D eigenvalue weighted by Gasteiger charge is 2.42. The number of carbonyl (C=O) groups excluding carboxylic acids is 2. The van der Waals surface area contributed by atoms with Gasteiger partial charge in [0.15, 0.2) is 0 Å². The third-order valence-corrected chi connectivity index (χ3v) is 9.09. The molecule has 1 saturated carbocycles. The number of ether oxygens (including phenoxy) is 3. The first-order valence-electron chi connectivity index (χ1n) is 15.3. The molecule has 0 bridgehead atoms. The summed E-state index contributed by atoms with van der Waals surface area (Å²) in [6, 6.07) is 15.4. The highest BCUT2D eigenvalue weighted by molar-refractivity contribution is 6.30. The van der Waals surface area contributed by atoms with Crippen molar-refractivity contribution in [3.05, 3.63) is 87.8 Å². The van der Waals surface area contributed by atoms with Crippen LogP contribution in [0.15, 0.2) is 54.6 Å². The molecule has 2 atom stereocenters. The number of esters is 1. The number of anilines is 1. The number of methoxy groups -OCH3 is 1. The summed E-state index contributed by atoms with van der Waals surface area (Å²) in [6.45, 7) is 2.30. The number of likely N-dealkylation sites (tertiary alicyclic amines) is 1. The van der Waals surface area contributed by atoms with Gasteiger partial charge in [-0.25, -0.2) is 14.2 Å². The molecule has 1 unspecified atom stereocenters. The fourth-order valence-electron chi connectivity index (χ4n) is 6.18. The molecule has 8 nitrogen and oxygen atoms in total. The molecule has 3 aromatic rings. The maximum Gasteiger partial charge on any atom is 0.339 e. The SMILES string of the molecule is COC(=O)c1cccc(C[C@H]2CCO2)c1NC(=O)C(C1CC1)N1CCC(c2cccc(OCc3ccc(Cl)cc3F)n2)CC1. The van der Waals surface area contributed by atoms with Crippen LogP contribution in [-0.2, 0) is 27.3 Å². The fourth-order valence-corrected chi connectivity index (χ4v) is 6.34. The van der Waals surface area contributed by atoms with E-state index in [9.17, 15) is 14.0 Å². The summed E-state index contributed by atoms with van der Waals surface area (Å²) < 4.78 is 30.7. The molecule has 2 aromatic carbocycles. The predicted octanol–water partition coefficient (Wildman–Crippen LogP) is 6.17. The van der Waals surface area contributed by atoms with E-state index in [0.29, 0.717) is 40.1 Å². The van der Waals surface area contributed by atoms with Crippen LogP contribution in [0.2, 0.25) is 5.02 Å². The van der Waals surface area contributed by atoms with E-state index >= 15 is 0 Å². The van der Waals surface area contributed by atoms with Crippen molar-refractivity contribution in [3.63, 3.8) is 0 Å². The largest absolute Gasteiger partial charge is 0.473 e. The van der Waals surface area contributed by atoms with Crippen LogP contribution in [-0.4, -0.2) is 60.7 Å². The Labute approximate surface area is 261 Å². The van der Waals surface area contributed by atoms with Gasteiger partial charge in [0.2, 0.25) is 11.8 Å². The van der Waals surface area contributed by atoms with Gasteiger partial charge < -0.3 is 19.5 Å². The normalized spacial score (nSPS) is 19.6. The van der Waals surface area contributed by atoms with Crippen molar-refractivity contribution in [3.8, 4) is 5.88 Å².